The van der Waals surface area contributed by atoms with Gasteiger partial charge in [-0.05, 0) is 40.3 Å². The van der Waals surface area contributed by atoms with Crippen LogP contribution < -0.4 is 0 Å². The maximum atomic E-state index is 12.3. The van der Waals surface area contributed by atoms with Gasteiger partial charge in [0.2, 0.25) is 0 Å². The van der Waals surface area contributed by atoms with E-state index in [1.807, 2.05) is 48.7 Å². The second-order valence-corrected chi connectivity index (χ2v) is 5.12. The molecule has 0 aliphatic rings. The molecule has 2 rings (SSSR count). The van der Waals surface area contributed by atoms with Crippen molar-refractivity contribution in [3.8, 4) is 6.19 Å². The van der Waals surface area contributed by atoms with Crippen molar-refractivity contribution >= 4 is 28.5 Å². The maximum Gasteiger partial charge on any atom is 0.268 e. The number of carbonyl (C=O) groups is 1. The van der Waals surface area contributed by atoms with Crippen LogP contribution in [-0.2, 0) is 6.54 Å². The van der Waals surface area contributed by atoms with E-state index in [9.17, 15) is 4.79 Å². The molecule has 0 saturated heterocycles. The first kappa shape index (κ1) is 13.6. The number of rotatable bonds is 3. The molecule has 0 unspecified atom stereocenters. The topological polar surface area (TPSA) is 44.1 Å². The van der Waals surface area contributed by atoms with Crippen LogP contribution in [0.15, 0.2) is 54.6 Å². The zero-order valence-electron chi connectivity index (χ0n) is 10.1. The number of amides is 1. The second-order valence-electron chi connectivity index (χ2n) is 3.96. The summed E-state index contributed by atoms with van der Waals surface area (Å²) in [6.45, 7) is 0.293. The summed E-state index contributed by atoms with van der Waals surface area (Å²) >= 11 is 2.10. The Morgan fingerprint density at radius 3 is 2.37 bits per heavy atom. The van der Waals surface area contributed by atoms with E-state index in [0.717, 1.165) is 9.13 Å². The summed E-state index contributed by atoms with van der Waals surface area (Å²) in [5.74, 6) is -0.267. The number of halogens is 1. The summed E-state index contributed by atoms with van der Waals surface area (Å²) in [5.41, 5.74) is 1.49. The van der Waals surface area contributed by atoms with E-state index in [-0.39, 0.29) is 5.91 Å². The van der Waals surface area contributed by atoms with Crippen LogP contribution in [0.25, 0.3) is 0 Å². The van der Waals surface area contributed by atoms with Crippen molar-refractivity contribution in [2.45, 2.75) is 6.54 Å². The standard InChI is InChI=1S/C15H11IN2O/c16-14-9-5-4-8-13(14)15(19)18(11-17)10-12-6-2-1-3-7-12/h1-9H,10H2. The van der Waals surface area contributed by atoms with Crippen LogP contribution in [0.2, 0.25) is 0 Å². The molecule has 0 aliphatic heterocycles. The minimum absolute atomic E-state index is 0.267. The van der Waals surface area contributed by atoms with Crippen molar-refractivity contribution in [1.82, 2.24) is 4.90 Å². The lowest BCUT2D eigenvalue weighted by atomic mass is 10.1. The summed E-state index contributed by atoms with van der Waals surface area (Å²) in [6, 6.07) is 16.7. The number of nitriles is 1. The first-order valence-corrected chi connectivity index (χ1v) is 6.80. The lowest BCUT2D eigenvalue weighted by Crippen LogP contribution is -2.26. The summed E-state index contributed by atoms with van der Waals surface area (Å²) in [4.78, 5) is 13.5. The van der Waals surface area contributed by atoms with Gasteiger partial charge in [-0.1, -0.05) is 42.5 Å². The summed E-state index contributed by atoms with van der Waals surface area (Å²) in [7, 11) is 0. The molecule has 0 saturated carbocycles. The zero-order valence-corrected chi connectivity index (χ0v) is 12.2. The minimum Gasteiger partial charge on any atom is -0.268 e. The molecular weight excluding hydrogens is 351 g/mol. The first-order valence-electron chi connectivity index (χ1n) is 5.72. The molecule has 19 heavy (non-hydrogen) atoms. The van der Waals surface area contributed by atoms with Gasteiger partial charge < -0.3 is 0 Å². The Labute approximate surface area is 125 Å². The summed E-state index contributed by atoms with van der Waals surface area (Å²) < 4.78 is 0.846. The number of hydrogen-bond acceptors (Lipinski definition) is 2. The highest BCUT2D eigenvalue weighted by Crippen LogP contribution is 2.15. The molecule has 3 nitrogen and oxygen atoms in total. The van der Waals surface area contributed by atoms with Gasteiger partial charge in [0.05, 0.1) is 12.1 Å². The van der Waals surface area contributed by atoms with Crippen LogP contribution in [0.4, 0.5) is 0 Å². The highest BCUT2D eigenvalue weighted by molar-refractivity contribution is 14.1. The van der Waals surface area contributed by atoms with Crippen LogP contribution in [0.1, 0.15) is 15.9 Å². The molecule has 0 N–H and O–H groups in total. The van der Waals surface area contributed by atoms with Crippen molar-refractivity contribution in [3.05, 3.63) is 69.3 Å². The number of carbonyl (C=O) groups excluding carboxylic acids is 1. The molecule has 0 atom stereocenters. The van der Waals surface area contributed by atoms with E-state index in [0.29, 0.717) is 12.1 Å². The van der Waals surface area contributed by atoms with Gasteiger partial charge in [-0.2, -0.15) is 5.26 Å². The molecule has 94 valence electrons. The van der Waals surface area contributed by atoms with Crippen molar-refractivity contribution < 1.29 is 4.79 Å². The van der Waals surface area contributed by atoms with Gasteiger partial charge in [0.25, 0.3) is 5.91 Å². The highest BCUT2D eigenvalue weighted by atomic mass is 127. The number of benzene rings is 2. The SMILES string of the molecule is N#CN(Cc1ccccc1)C(=O)c1ccccc1I. The first-order chi connectivity index (χ1) is 9.22. The third-order valence-electron chi connectivity index (χ3n) is 2.65. The second kappa shape index (κ2) is 6.34. The molecule has 2 aromatic rings. The Hall–Kier alpha value is -1.87. The number of nitrogens with zero attached hydrogens (tertiary/aromatic N) is 2. The molecule has 0 aromatic heterocycles. The Morgan fingerprint density at radius 2 is 1.74 bits per heavy atom. The quantitative estimate of drug-likeness (QED) is 0.477. The molecule has 0 fully saturated rings. The molecule has 1 amide bonds. The molecule has 0 radical (unpaired) electrons. The Balaban J connectivity index is 2.22. The summed E-state index contributed by atoms with van der Waals surface area (Å²) in [5, 5.41) is 9.16. The van der Waals surface area contributed by atoms with Gasteiger partial charge in [0, 0.05) is 3.57 Å². The average molecular weight is 362 g/mol. The molecular formula is C15H11IN2O. The van der Waals surface area contributed by atoms with Gasteiger partial charge in [-0.15, -0.1) is 0 Å². The Bertz CT molecular complexity index is 620. The van der Waals surface area contributed by atoms with Crippen molar-refractivity contribution in [3.63, 3.8) is 0 Å². The molecule has 4 heteroatoms. The van der Waals surface area contributed by atoms with Crippen molar-refractivity contribution in [2.75, 3.05) is 0 Å². The molecule has 0 spiro atoms. The van der Waals surface area contributed by atoms with Gasteiger partial charge in [0.1, 0.15) is 0 Å². The number of hydrogen-bond donors (Lipinski definition) is 0. The van der Waals surface area contributed by atoms with E-state index in [1.165, 1.54) is 4.90 Å². The van der Waals surface area contributed by atoms with E-state index in [1.54, 1.807) is 12.1 Å². The highest BCUT2D eigenvalue weighted by Gasteiger charge is 2.17. The lowest BCUT2D eigenvalue weighted by Gasteiger charge is -2.14. The monoisotopic (exact) mass is 362 g/mol. The largest absolute Gasteiger partial charge is 0.268 e. The fraction of sp³-hybridized carbons (Fsp3) is 0.0667. The predicted octanol–water partition coefficient (Wildman–Crippen LogP) is 3.41. The lowest BCUT2D eigenvalue weighted by molar-refractivity contribution is 0.0823. The van der Waals surface area contributed by atoms with Gasteiger partial charge >= 0.3 is 0 Å². The minimum atomic E-state index is -0.267. The Morgan fingerprint density at radius 1 is 1.11 bits per heavy atom. The zero-order chi connectivity index (χ0) is 13.7. The molecule has 0 bridgehead atoms. The normalized spacial score (nSPS) is 9.68. The average Bonchev–Trinajstić information content (AvgIpc) is 2.46. The van der Waals surface area contributed by atoms with Gasteiger partial charge in [-0.25, -0.2) is 4.90 Å². The van der Waals surface area contributed by atoms with Crippen LogP contribution in [0.5, 0.6) is 0 Å². The van der Waals surface area contributed by atoms with E-state index in [2.05, 4.69) is 22.6 Å². The van der Waals surface area contributed by atoms with Gasteiger partial charge in [0.15, 0.2) is 6.19 Å². The fourth-order valence-corrected chi connectivity index (χ4v) is 2.32. The third kappa shape index (κ3) is 3.32. The van der Waals surface area contributed by atoms with Crippen LogP contribution in [0.3, 0.4) is 0 Å². The van der Waals surface area contributed by atoms with Crippen LogP contribution >= 0.6 is 22.6 Å². The Kier molecular flexibility index (Phi) is 4.53. The van der Waals surface area contributed by atoms with E-state index < -0.39 is 0 Å². The van der Waals surface area contributed by atoms with Gasteiger partial charge in [-0.3, -0.25) is 4.79 Å². The third-order valence-corrected chi connectivity index (χ3v) is 3.59. The van der Waals surface area contributed by atoms with Crippen molar-refractivity contribution in [1.29, 1.82) is 5.26 Å². The predicted molar refractivity (Wildman–Crippen MR) is 81.1 cm³/mol. The molecule has 0 aliphatic carbocycles. The molecule has 2 aromatic carbocycles. The van der Waals surface area contributed by atoms with E-state index in [4.69, 9.17) is 5.26 Å². The van der Waals surface area contributed by atoms with Crippen LogP contribution in [-0.4, -0.2) is 10.8 Å². The summed E-state index contributed by atoms with van der Waals surface area (Å²) in [6.07, 6.45) is 1.96. The maximum absolute atomic E-state index is 12.3. The smallest absolute Gasteiger partial charge is 0.268 e. The van der Waals surface area contributed by atoms with Crippen molar-refractivity contribution in [2.24, 2.45) is 0 Å². The molecule has 0 heterocycles. The van der Waals surface area contributed by atoms with Crippen LogP contribution in [0, 0.1) is 15.0 Å². The van der Waals surface area contributed by atoms with E-state index >= 15 is 0 Å². The fourth-order valence-electron chi connectivity index (χ4n) is 1.70.